The number of rotatable bonds is 9. The Morgan fingerprint density at radius 2 is 1.83 bits per heavy atom. The standard InChI is InChI=1S/C24H32FN7O3.CH4/c1-34-15-17-5-6-32(14-17)24-28-12-19(13-29-24)30-7-9-31(10-8-30)20-4-2-3-18(23(20)25)16-35-22(33)11-21(26)27;/h2-4,12-13,17H,5-11,14-16H2,1H3,(H3,26,27);1H4. The van der Waals surface area contributed by atoms with Crippen molar-refractivity contribution in [3.05, 3.63) is 42.0 Å². The van der Waals surface area contributed by atoms with E-state index in [4.69, 9.17) is 20.6 Å². The van der Waals surface area contributed by atoms with Gasteiger partial charge in [-0.05, 0) is 12.5 Å². The smallest absolute Gasteiger partial charge is 0.313 e. The van der Waals surface area contributed by atoms with Gasteiger partial charge in [0.05, 0.1) is 30.4 Å². The van der Waals surface area contributed by atoms with Gasteiger partial charge >= 0.3 is 5.97 Å². The van der Waals surface area contributed by atoms with Crippen LogP contribution in [0, 0.1) is 17.1 Å². The molecule has 2 fully saturated rings. The number of hydrogen-bond acceptors (Lipinski definition) is 9. The molecule has 0 saturated carbocycles. The summed E-state index contributed by atoms with van der Waals surface area (Å²) in [5, 5.41) is 7.15. The summed E-state index contributed by atoms with van der Waals surface area (Å²) in [6.07, 6.45) is 4.50. The number of hydrogen-bond donors (Lipinski definition) is 2. The Balaban J connectivity index is 0.00000361. The summed E-state index contributed by atoms with van der Waals surface area (Å²) in [6.45, 7) is 5.10. The molecule has 0 radical (unpaired) electrons. The van der Waals surface area contributed by atoms with Crippen LogP contribution < -0.4 is 20.4 Å². The molecule has 0 aliphatic carbocycles. The number of nitrogens with two attached hydrogens (primary N) is 1. The van der Waals surface area contributed by atoms with E-state index >= 15 is 4.39 Å². The normalized spacial score (nSPS) is 17.6. The van der Waals surface area contributed by atoms with Crippen molar-refractivity contribution in [2.24, 2.45) is 11.7 Å². The molecule has 3 heterocycles. The lowest BCUT2D eigenvalue weighted by atomic mass is 10.1. The third-order valence-electron chi connectivity index (χ3n) is 6.36. The van der Waals surface area contributed by atoms with Crippen molar-refractivity contribution in [2.75, 3.05) is 67.7 Å². The number of esters is 1. The number of aromatic nitrogens is 2. The molecule has 1 atom stereocenters. The molecule has 10 nitrogen and oxygen atoms in total. The second-order valence-electron chi connectivity index (χ2n) is 8.88. The molecular weight excluding hydrogens is 465 g/mol. The van der Waals surface area contributed by atoms with Crippen molar-refractivity contribution in [1.29, 1.82) is 5.41 Å². The van der Waals surface area contributed by atoms with E-state index in [-0.39, 0.29) is 26.3 Å². The van der Waals surface area contributed by atoms with Gasteiger partial charge in [-0.25, -0.2) is 14.4 Å². The van der Waals surface area contributed by atoms with Crippen molar-refractivity contribution < 1.29 is 18.7 Å². The zero-order valence-electron chi connectivity index (χ0n) is 20.0. The van der Waals surface area contributed by atoms with E-state index in [2.05, 4.69) is 19.8 Å². The monoisotopic (exact) mass is 501 g/mol. The first-order chi connectivity index (χ1) is 16.9. The van der Waals surface area contributed by atoms with Gasteiger partial charge in [0.25, 0.3) is 0 Å². The number of amidine groups is 1. The van der Waals surface area contributed by atoms with Crippen LogP contribution in [0.2, 0.25) is 0 Å². The van der Waals surface area contributed by atoms with Crippen LogP contribution in [-0.2, 0) is 20.9 Å². The summed E-state index contributed by atoms with van der Waals surface area (Å²) in [7, 11) is 1.73. The predicted octanol–water partition coefficient (Wildman–Crippen LogP) is 2.42. The van der Waals surface area contributed by atoms with Crippen LogP contribution in [0.1, 0.15) is 25.8 Å². The minimum Gasteiger partial charge on any atom is -0.460 e. The van der Waals surface area contributed by atoms with Gasteiger partial charge in [-0.3, -0.25) is 10.2 Å². The minimum atomic E-state index is -0.649. The fraction of sp³-hybridized carbons (Fsp3) is 0.520. The van der Waals surface area contributed by atoms with E-state index in [0.29, 0.717) is 43.3 Å². The molecule has 36 heavy (non-hydrogen) atoms. The first-order valence-electron chi connectivity index (χ1n) is 11.8. The lowest BCUT2D eigenvalue weighted by Crippen LogP contribution is -2.47. The maximum Gasteiger partial charge on any atom is 0.313 e. The Bertz CT molecular complexity index is 1030. The second-order valence-corrected chi connectivity index (χ2v) is 8.88. The SMILES string of the molecule is C.COCC1CCN(c2ncc(N3CCN(c4cccc(COC(=O)CC(=N)N)c4F)CC3)cn2)C1. The highest BCUT2D eigenvalue weighted by Gasteiger charge is 2.25. The van der Waals surface area contributed by atoms with Crippen LogP contribution in [0.5, 0.6) is 0 Å². The lowest BCUT2D eigenvalue weighted by Gasteiger charge is -2.37. The molecular formula is C25H36FN7O3. The van der Waals surface area contributed by atoms with Crippen LogP contribution in [0.25, 0.3) is 0 Å². The van der Waals surface area contributed by atoms with Gasteiger partial charge in [-0.15, -0.1) is 0 Å². The number of halogens is 1. The van der Waals surface area contributed by atoms with Crippen LogP contribution in [-0.4, -0.2) is 74.8 Å². The van der Waals surface area contributed by atoms with Gasteiger partial charge < -0.3 is 29.9 Å². The Kier molecular flexibility index (Phi) is 9.40. The third kappa shape index (κ3) is 6.60. The average molecular weight is 502 g/mol. The molecule has 1 aromatic carbocycles. The van der Waals surface area contributed by atoms with E-state index in [1.165, 1.54) is 0 Å². The number of methoxy groups -OCH3 is 1. The van der Waals surface area contributed by atoms with E-state index < -0.39 is 11.8 Å². The van der Waals surface area contributed by atoms with Crippen molar-refractivity contribution in [3.8, 4) is 0 Å². The number of piperazine rings is 1. The fourth-order valence-corrected chi connectivity index (χ4v) is 4.52. The van der Waals surface area contributed by atoms with Crippen LogP contribution in [0.15, 0.2) is 30.6 Å². The number of carbonyl (C=O) groups is 1. The van der Waals surface area contributed by atoms with E-state index in [9.17, 15) is 4.79 Å². The molecule has 11 heteroatoms. The topological polar surface area (TPSA) is 121 Å². The minimum absolute atomic E-state index is 0. The summed E-state index contributed by atoms with van der Waals surface area (Å²) in [4.78, 5) is 27.2. The maximum atomic E-state index is 15.1. The summed E-state index contributed by atoms with van der Waals surface area (Å²) < 4.78 is 25.4. The fourth-order valence-electron chi connectivity index (χ4n) is 4.52. The molecule has 2 aliphatic rings. The first kappa shape index (κ1) is 27.1. The highest BCUT2D eigenvalue weighted by Crippen LogP contribution is 2.26. The van der Waals surface area contributed by atoms with E-state index in [0.717, 1.165) is 37.8 Å². The Labute approximate surface area is 211 Å². The van der Waals surface area contributed by atoms with Crippen molar-refractivity contribution >= 4 is 29.1 Å². The van der Waals surface area contributed by atoms with Gasteiger partial charge in [-0.1, -0.05) is 19.6 Å². The van der Waals surface area contributed by atoms with Gasteiger partial charge in [0, 0.05) is 57.9 Å². The molecule has 2 aromatic rings. The highest BCUT2D eigenvalue weighted by molar-refractivity contribution is 5.94. The molecule has 1 unspecified atom stereocenters. The highest BCUT2D eigenvalue weighted by atomic mass is 19.1. The van der Waals surface area contributed by atoms with E-state index in [1.54, 1.807) is 25.3 Å². The molecule has 0 bridgehead atoms. The van der Waals surface area contributed by atoms with Crippen molar-refractivity contribution in [3.63, 3.8) is 0 Å². The second kappa shape index (κ2) is 12.5. The molecule has 2 aliphatic heterocycles. The lowest BCUT2D eigenvalue weighted by molar-refractivity contribution is -0.143. The first-order valence-corrected chi connectivity index (χ1v) is 11.8. The third-order valence-corrected chi connectivity index (χ3v) is 6.36. The molecule has 2 saturated heterocycles. The predicted molar refractivity (Wildman–Crippen MR) is 138 cm³/mol. The Hall–Kier alpha value is -3.47. The van der Waals surface area contributed by atoms with Gasteiger partial charge in [0.2, 0.25) is 5.95 Å². The number of nitrogens with one attached hydrogen (secondary N) is 1. The summed E-state index contributed by atoms with van der Waals surface area (Å²) >= 11 is 0. The quantitative estimate of drug-likeness (QED) is 0.303. The molecule has 0 amide bonds. The van der Waals surface area contributed by atoms with E-state index in [1.807, 2.05) is 17.3 Å². The maximum absolute atomic E-state index is 15.1. The molecule has 1 aromatic heterocycles. The van der Waals surface area contributed by atoms with Crippen LogP contribution in [0.3, 0.4) is 0 Å². The number of nitrogens with zero attached hydrogens (tertiary/aromatic N) is 5. The average Bonchev–Trinajstić information content (AvgIpc) is 3.32. The molecule has 4 rings (SSSR count). The van der Waals surface area contributed by atoms with Gasteiger partial charge in [0.15, 0.2) is 5.82 Å². The summed E-state index contributed by atoms with van der Waals surface area (Å²) in [6, 6.07) is 5.07. The number of carbonyl (C=O) groups excluding carboxylic acids is 1. The molecule has 3 N–H and O–H groups in total. The summed E-state index contributed by atoms with van der Waals surface area (Å²) in [5.41, 5.74) is 6.93. The Morgan fingerprint density at radius 3 is 2.50 bits per heavy atom. The van der Waals surface area contributed by atoms with Gasteiger partial charge in [-0.2, -0.15) is 0 Å². The van der Waals surface area contributed by atoms with Crippen molar-refractivity contribution in [2.45, 2.75) is 26.9 Å². The Morgan fingerprint density at radius 1 is 1.14 bits per heavy atom. The van der Waals surface area contributed by atoms with Crippen molar-refractivity contribution in [1.82, 2.24) is 9.97 Å². The molecule has 0 spiro atoms. The zero-order valence-corrected chi connectivity index (χ0v) is 20.0. The van der Waals surface area contributed by atoms with Gasteiger partial charge in [0.1, 0.15) is 18.9 Å². The number of anilines is 3. The molecule has 196 valence electrons. The zero-order chi connectivity index (χ0) is 24.8. The number of benzene rings is 1. The van der Waals surface area contributed by atoms with Crippen LogP contribution >= 0.6 is 0 Å². The number of ether oxygens (including phenoxy) is 2. The van der Waals surface area contributed by atoms with Crippen LogP contribution in [0.4, 0.5) is 21.7 Å². The largest absolute Gasteiger partial charge is 0.460 e. The summed E-state index contributed by atoms with van der Waals surface area (Å²) in [5.74, 6) is -0.0732.